The summed E-state index contributed by atoms with van der Waals surface area (Å²) in [6.07, 6.45) is 3.40. The number of hydrogen-bond donors (Lipinski definition) is 2. The van der Waals surface area contributed by atoms with Gasteiger partial charge in [0.15, 0.2) is 0 Å². The molecule has 0 atom stereocenters. The summed E-state index contributed by atoms with van der Waals surface area (Å²) in [5.41, 5.74) is 1.90. The molecule has 2 N–H and O–H groups in total. The number of nitrogens with zero attached hydrogens (tertiary/aromatic N) is 2. The van der Waals surface area contributed by atoms with Crippen LogP contribution in [0.3, 0.4) is 0 Å². The molecule has 3 aromatic rings. The lowest BCUT2D eigenvalue weighted by atomic mass is 10.1. The standard InChI is InChI=1S/C22H22N4O3/c27-19(24-18-10-5-4-9-17(18)22(28)23-16-13-14-16)11-6-12-20-25-21(26-29-20)15-7-2-1-3-8-15/h1-5,7-10,16H,6,11-14H2,(H,23,28)(H,24,27). The second-order valence-corrected chi connectivity index (χ2v) is 7.07. The summed E-state index contributed by atoms with van der Waals surface area (Å²) in [4.78, 5) is 29.0. The number of anilines is 1. The molecule has 1 saturated carbocycles. The number of para-hydroxylation sites is 1. The maximum atomic E-state index is 12.3. The molecule has 0 unspecified atom stereocenters. The van der Waals surface area contributed by atoms with E-state index in [1.165, 1.54) is 0 Å². The van der Waals surface area contributed by atoms with Gasteiger partial charge in [-0.3, -0.25) is 9.59 Å². The van der Waals surface area contributed by atoms with Gasteiger partial charge in [0.05, 0.1) is 11.3 Å². The maximum absolute atomic E-state index is 12.3. The van der Waals surface area contributed by atoms with Gasteiger partial charge in [0, 0.05) is 24.4 Å². The van der Waals surface area contributed by atoms with Crippen LogP contribution < -0.4 is 10.6 Å². The molecule has 0 aliphatic heterocycles. The summed E-state index contributed by atoms with van der Waals surface area (Å²) in [7, 11) is 0. The lowest BCUT2D eigenvalue weighted by Crippen LogP contribution is -2.26. The molecule has 4 rings (SSSR count). The van der Waals surface area contributed by atoms with Crippen molar-refractivity contribution in [3.8, 4) is 11.4 Å². The second kappa shape index (κ2) is 8.68. The van der Waals surface area contributed by atoms with Crippen LogP contribution in [0.1, 0.15) is 41.9 Å². The van der Waals surface area contributed by atoms with Crippen LogP contribution in [0.2, 0.25) is 0 Å². The highest BCUT2D eigenvalue weighted by atomic mass is 16.5. The van der Waals surface area contributed by atoms with Crippen LogP contribution in [0.15, 0.2) is 59.1 Å². The van der Waals surface area contributed by atoms with Crippen LogP contribution in [0, 0.1) is 0 Å². The topological polar surface area (TPSA) is 97.1 Å². The van der Waals surface area contributed by atoms with Crippen LogP contribution >= 0.6 is 0 Å². The van der Waals surface area contributed by atoms with E-state index in [2.05, 4.69) is 20.8 Å². The summed E-state index contributed by atoms with van der Waals surface area (Å²) >= 11 is 0. The van der Waals surface area contributed by atoms with Crippen molar-refractivity contribution in [1.82, 2.24) is 15.5 Å². The Hall–Kier alpha value is -3.48. The van der Waals surface area contributed by atoms with Crippen molar-refractivity contribution in [2.75, 3.05) is 5.32 Å². The first-order chi connectivity index (χ1) is 14.2. The summed E-state index contributed by atoms with van der Waals surface area (Å²) in [5, 5.41) is 9.76. The van der Waals surface area contributed by atoms with Gasteiger partial charge in [-0.2, -0.15) is 4.98 Å². The van der Waals surface area contributed by atoms with Crippen molar-refractivity contribution in [3.63, 3.8) is 0 Å². The third kappa shape index (κ3) is 5.07. The molecule has 2 amide bonds. The average molecular weight is 390 g/mol. The van der Waals surface area contributed by atoms with E-state index in [9.17, 15) is 9.59 Å². The molecule has 0 radical (unpaired) electrons. The van der Waals surface area contributed by atoms with Gasteiger partial charge in [0.25, 0.3) is 5.91 Å². The van der Waals surface area contributed by atoms with E-state index < -0.39 is 0 Å². The number of aromatic nitrogens is 2. The first-order valence-corrected chi connectivity index (χ1v) is 9.77. The zero-order valence-electron chi connectivity index (χ0n) is 15.9. The van der Waals surface area contributed by atoms with Gasteiger partial charge < -0.3 is 15.2 Å². The van der Waals surface area contributed by atoms with Gasteiger partial charge in [-0.1, -0.05) is 47.6 Å². The maximum Gasteiger partial charge on any atom is 0.253 e. The third-order valence-corrected chi connectivity index (χ3v) is 4.65. The number of hydrogen-bond acceptors (Lipinski definition) is 5. The minimum Gasteiger partial charge on any atom is -0.349 e. The quantitative estimate of drug-likeness (QED) is 0.613. The lowest BCUT2D eigenvalue weighted by Gasteiger charge is -2.11. The van der Waals surface area contributed by atoms with Crippen molar-refractivity contribution >= 4 is 17.5 Å². The smallest absolute Gasteiger partial charge is 0.253 e. The Morgan fingerprint density at radius 3 is 2.59 bits per heavy atom. The minimum atomic E-state index is -0.153. The van der Waals surface area contributed by atoms with E-state index in [4.69, 9.17) is 4.52 Å². The SMILES string of the molecule is O=C(CCCc1nc(-c2ccccc2)no1)Nc1ccccc1C(=O)NC1CC1. The highest BCUT2D eigenvalue weighted by Crippen LogP contribution is 2.22. The minimum absolute atomic E-state index is 0.150. The Kier molecular flexibility index (Phi) is 5.65. The summed E-state index contributed by atoms with van der Waals surface area (Å²) in [6.45, 7) is 0. The molecule has 7 heteroatoms. The number of carbonyl (C=O) groups is 2. The third-order valence-electron chi connectivity index (χ3n) is 4.65. The highest BCUT2D eigenvalue weighted by molar-refractivity contribution is 6.03. The van der Waals surface area contributed by atoms with Gasteiger partial charge in [0.2, 0.25) is 17.6 Å². The number of benzene rings is 2. The van der Waals surface area contributed by atoms with E-state index in [0.717, 1.165) is 18.4 Å². The number of rotatable bonds is 8. The lowest BCUT2D eigenvalue weighted by molar-refractivity contribution is -0.116. The Morgan fingerprint density at radius 1 is 1.03 bits per heavy atom. The van der Waals surface area contributed by atoms with Crippen molar-refractivity contribution < 1.29 is 14.1 Å². The number of aryl methyl sites for hydroxylation is 1. The molecule has 7 nitrogen and oxygen atoms in total. The summed E-state index contributed by atoms with van der Waals surface area (Å²) in [5.74, 6) is 0.740. The Morgan fingerprint density at radius 2 is 1.79 bits per heavy atom. The normalized spacial score (nSPS) is 13.1. The molecule has 0 bridgehead atoms. The molecule has 1 aromatic heterocycles. The van der Waals surface area contributed by atoms with Gasteiger partial charge in [-0.15, -0.1) is 0 Å². The molecule has 1 fully saturated rings. The van der Waals surface area contributed by atoms with E-state index in [1.54, 1.807) is 24.3 Å². The Labute approximate surface area is 168 Å². The summed E-state index contributed by atoms with van der Waals surface area (Å²) in [6, 6.07) is 16.9. The van der Waals surface area contributed by atoms with Gasteiger partial charge >= 0.3 is 0 Å². The number of amides is 2. The zero-order chi connectivity index (χ0) is 20.1. The van der Waals surface area contributed by atoms with Crippen molar-refractivity contribution in [3.05, 3.63) is 66.1 Å². The van der Waals surface area contributed by atoms with Crippen LogP contribution in [-0.4, -0.2) is 28.0 Å². The largest absolute Gasteiger partial charge is 0.349 e. The molecule has 1 heterocycles. The first kappa shape index (κ1) is 18.9. The molecular formula is C22H22N4O3. The zero-order valence-corrected chi connectivity index (χ0v) is 15.9. The summed E-state index contributed by atoms with van der Waals surface area (Å²) < 4.78 is 5.27. The average Bonchev–Trinajstić information content (AvgIpc) is 3.43. The van der Waals surface area contributed by atoms with E-state index in [-0.39, 0.29) is 17.9 Å². The van der Waals surface area contributed by atoms with Crippen molar-refractivity contribution in [1.29, 1.82) is 0 Å². The monoisotopic (exact) mass is 390 g/mol. The fraction of sp³-hybridized carbons (Fsp3) is 0.273. The van der Waals surface area contributed by atoms with Crippen LogP contribution in [-0.2, 0) is 11.2 Å². The fourth-order valence-corrected chi connectivity index (χ4v) is 2.95. The predicted molar refractivity (Wildman–Crippen MR) is 108 cm³/mol. The molecule has 0 spiro atoms. The van der Waals surface area contributed by atoms with Crippen LogP contribution in [0.4, 0.5) is 5.69 Å². The molecule has 0 saturated heterocycles. The van der Waals surface area contributed by atoms with Crippen molar-refractivity contribution in [2.45, 2.75) is 38.1 Å². The van der Waals surface area contributed by atoms with E-state index >= 15 is 0 Å². The molecule has 29 heavy (non-hydrogen) atoms. The van der Waals surface area contributed by atoms with Crippen LogP contribution in [0.5, 0.6) is 0 Å². The van der Waals surface area contributed by atoms with Gasteiger partial charge in [0.1, 0.15) is 0 Å². The molecule has 148 valence electrons. The van der Waals surface area contributed by atoms with E-state index in [1.807, 2.05) is 30.3 Å². The fourth-order valence-electron chi connectivity index (χ4n) is 2.95. The number of nitrogens with one attached hydrogen (secondary N) is 2. The van der Waals surface area contributed by atoms with Crippen molar-refractivity contribution in [2.24, 2.45) is 0 Å². The van der Waals surface area contributed by atoms with Gasteiger partial charge in [-0.25, -0.2) is 0 Å². The van der Waals surface area contributed by atoms with E-state index in [0.29, 0.717) is 42.2 Å². The molecular weight excluding hydrogens is 368 g/mol. The number of carbonyl (C=O) groups excluding carboxylic acids is 2. The Bertz CT molecular complexity index is 996. The van der Waals surface area contributed by atoms with Crippen LogP contribution in [0.25, 0.3) is 11.4 Å². The molecule has 2 aromatic carbocycles. The Balaban J connectivity index is 1.29. The molecule has 1 aliphatic rings. The first-order valence-electron chi connectivity index (χ1n) is 9.77. The molecule has 1 aliphatic carbocycles. The highest BCUT2D eigenvalue weighted by Gasteiger charge is 2.25. The second-order valence-electron chi connectivity index (χ2n) is 7.07. The predicted octanol–water partition coefficient (Wildman–Crippen LogP) is 3.59. The van der Waals surface area contributed by atoms with Gasteiger partial charge in [-0.05, 0) is 31.4 Å².